The second-order valence-electron chi connectivity index (χ2n) is 6.22. The molecule has 27 heavy (non-hydrogen) atoms. The van der Waals surface area contributed by atoms with E-state index in [0.717, 1.165) is 17.3 Å². The van der Waals surface area contributed by atoms with Crippen molar-refractivity contribution in [3.8, 4) is 0 Å². The van der Waals surface area contributed by atoms with Gasteiger partial charge in [0.05, 0.1) is 16.1 Å². The number of nitrogens with zero attached hydrogens (tertiary/aromatic N) is 2. The highest BCUT2D eigenvalue weighted by Crippen LogP contribution is 2.25. The van der Waals surface area contributed by atoms with Crippen LogP contribution in [0, 0.1) is 0 Å². The van der Waals surface area contributed by atoms with Gasteiger partial charge in [0.15, 0.2) is 0 Å². The number of anilines is 1. The van der Waals surface area contributed by atoms with Crippen molar-refractivity contribution in [2.75, 3.05) is 18.8 Å². The molecule has 1 aliphatic heterocycles. The van der Waals surface area contributed by atoms with Gasteiger partial charge in [-0.15, -0.1) is 0 Å². The lowest BCUT2D eigenvalue weighted by atomic mass is 10.1. The number of nitrogens with one attached hydrogen (secondary N) is 1. The molecule has 2 amide bonds. The predicted molar refractivity (Wildman–Crippen MR) is 112 cm³/mol. The zero-order valence-electron chi connectivity index (χ0n) is 14.2. The Kier molecular flexibility index (Phi) is 6.39. The summed E-state index contributed by atoms with van der Waals surface area (Å²) in [6, 6.07) is 6.58. The van der Waals surface area contributed by atoms with Crippen LogP contribution in [0.15, 0.2) is 39.4 Å². The molecular weight excluding hydrogens is 499 g/mol. The maximum atomic E-state index is 12.9. The highest BCUT2D eigenvalue weighted by molar-refractivity contribution is 9.10. The molecule has 0 bridgehead atoms. The van der Waals surface area contributed by atoms with Crippen LogP contribution >= 0.6 is 43.5 Å². The molecule has 9 heteroatoms. The van der Waals surface area contributed by atoms with Gasteiger partial charge in [-0.05, 0) is 53.0 Å². The second kappa shape index (κ2) is 8.58. The van der Waals surface area contributed by atoms with E-state index in [9.17, 15) is 9.59 Å². The van der Waals surface area contributed by atoms with Crippen molar-refractivity contribution in [3.05, 3.63) is 55.6 Å². The van der Waals surface area contributed by atoms with Gasteiger partial charge < -0.3 is 16.0 Å². The Morgan fingerprint density at radius 2 is 2.07 bits per heavy atom. The Morgan fingerprint density at radius 3 is 2.85 bits per heavy atom. The van der Waals surface area contributed by atoms with Gasteiger partial charge in [0.25, 0.3) is 11.8 Å². The number of likely N-dealkylation sites (tertiary alicyclic amines) is 1. The Balaban J connectivity index is 1.70. The zero-order valence-corrected chi connectivity index (χ0v) is 18.1. The lowest BCUT2D eigenvalue weighted by Crippen LogP contribution is -2.43. The van der Waals surface area contributed by atoms with E-state index >= 15 is 0 Å². The lowest BCUT2D eigenvalue weighted by molar-refractivity contribution is 0.0724. The average molecular weight is 517 g/mol. The molecule has 3 N–H and O–H groups in total. The smallest absolute Gasteiger partial charge is 0.255 e. The van der Waals surface area contributed by atoms with E-state index < -0.39 is 0 Å². The quantitative estimate of drug-likeness (QED) is 0.646. The summed E-state index contributed by atoms with van der Waals surface area (Å²) in [5.74, 6) is -0.113. The Labute approximate surface area is 178 Å². The number of amides is 2. The van der Waals surface area contributed by atoms with E-state index in [-0.39, 0.29) is 23.7 Å². The minimum absolute atomic E-state index is 0.0892. The maximum absolute atomic E-state index is 12.9. The van der Waals surface area contributed by atoms with Crippen LogP contribution in [0.1, 0.15) is 33.6 Å². The normalized spacial score (nSPS) is 16.4. The molecule has 1 saturated heterocycles. The number of rotatable bonds is 4. The predicted octanol–water partition coefficient (Wildman–Crippen LogP) is 3.88. The number of nitrogen functional groups attached to an aromatic ring is 1. The number of carbonyl (C=O) groups excluding carboxylic acids is 2. The van der Waals surface area contributed by atoms with E-state index in [4.69, 9.17) is 17.3 Å². The van der Waals surface area contributed by atoms with Gasteiger partial charge in [0.1, 0.15) is 5.82 Å². The standard InChI is InChI=1S/C18H17Br2ClN4O2/c19-10-3-4-15(21)13(6-10)17(26)24-8-11-2-1-5-25(11)18(27)12-7-16(22)23-9-14(12)20/h3-4,6-7,9,11H,1-2,5,8H2,(H2,22,23)(H,24,26). The third-order valence-electron chi connectivity index (χ3n) is 4.42. The molecule has 1 aromatic carbocycles. The Hall–Kier alpha value is -1.64. The molecule has 0 aliphatic carbocycles. The third-order valence-corrected chi connectivity index (χ3v) is 5.87. The van der Waals surface area contributed by atoms with Gasteiger partial charge in [-0.3, -0.25) is 9.59 Å². The van der Waals surface area contributed by atoms with Crippen LogP contribution < -0.4 is 11.1 Å². The average Bonchev–Trinajstić information content (AvgIpc) is 3.11. The third kappa shape index (κ3) is 4.62. The lowest BCUT2D eigenvalue weighted by Gasteiger charge is -2.25. The highest BCUT2D eigenvalue weighted by Gasteiger charge is 2.31. The van der Waals surface area contributed by atoms with Gasteiger partial charge in [-0.1, -0.05) is 27.5 Å². The zero-order chi connectivity index (χ0) is 19.6. The molecule has 1 aromatic heterocycles. The van der Waals surface area contributed by atoms with E-state index in [2.05, 4.69) is 42.2 Å². The van der Waals surface area contributed by atoms with Crippen molar-refractivity contribution in [2.45, 2.75) is 18.9 Å². The summed E-state index contributed by atoms with van der Waals surface area (Å²) in [6.07, 6.45) is 3.21. The first-order chi connectivity index (χ1) is 12.9. The maximum Gasteiger partial charge on any atom is 0.255 e. The molecule has 1 aliphatic rings. The number of carbonyl (C=O) groups is 2. The summed E-state index contributed by atoms with van der Waals surface area (Å²) in [4.78, 5) is 31.1. The molecule has 0 radical (unpaired) electrons. The summed E-state index contributed by atoms with van der Waals surface area (Å²) in [5.41, 5.74) is 6.58. The summed E-state index contributed by atoms with van der Waals surface area (Å²) in [5, 5.41) is 3.27. The van der Waals surface area contributed by atoms with Crippen LogP contribution in [0.3, 0.4) is 0 Å². The summed E-state index contributed by atoms with van der Waals surface area (Å²) >= 11 is 12.8. The van der Waals surface area contributed by atoms with Gasteiger partial charge in [0, 0.05) is 34.3 Å². The fourth-order valence-electron chi connectivity index (χ4n) is 3.07. The number of halogens is 3. The molecular formula is C18H17Br2ClN4O2. The number of pyridine rings is 1. The van der Waals surface area contributed by atoms with Crippen LogP contribution in [-0.4, -0.2) is 40.8 Å². The Bertz CT molecular complexity index is 894. The van der Waals surface area contributed by atoms with Crippen LogP contribution in [-0.2, 0) is 0 Å². The van der Waals surface area contributed by atoms with Crippen LogP contribution in [0.4, 0.5) is 5.82 Å². The van der Waals surface area contributed by atoms with E-state index in [1.54, 1.807) is 29.2 Å². The van der Waals surface area contributed by atoms with Crippen molar-refractivity contribution in [3.63, 3.8) is 0 Å². The van der Waals surface area contributed by atoms with Crippen molar-refractivity contribution < 1.29 is 9.59 Å². The molecule has 3 rings (SSSR count). The second-order valence-corrected chi connectivity index (χ2v) is 8.40. The topological polar surface area (TPSA) is 88.3 Å². The van der Waals surface area contributed by atoms with Crippen molar-refractivity contribution in [1.82, 2.24) is 15.2 Å². The van der Waals surface area contributed by atoms with Crippen LogP contribution in [0.25, 0.3) is 0 Å². The minimum atomic E-state index is -0.269. The Morgan fingerprint density at radius 1 is 1.30 bits per heavy atom. The van der Waals surface area contributed by atoms with Crippen molar-refractivity contribution in [1.29, 1.82) is 0 Å². The van der Waals surface area contributed by atoms with Crippen LogP contribution in [0.5, 0.6) is 0 Å². The summed E-state index contributed by atoms with van der Waals surface area (Å²) in [6.45, 7) is 0.983. The molecule has 1 unspecified atom stereocenters. The van der Waals surface area contributed by atoms with Crippen molar-refractivity contribution >= 4 is 61.1 Å². The number of nitrogens with two attached hydrogens (primary N) is 1. The summed E-state index contributed by atoms with van der Waals surface area (Å²) in [7, 11) is 0. The van der Waals surface area contributed by atoms with E-state index in [0.29, 0.717) is 33.7 Å². The monoisotopic (exact) mass is 514 g/mol. The molecule has 2 aromatic rings. The molecule has 1 atom stereocenters. The minimum Gasteiger partial charge on any atom is -0.384 e. The fourth-order valence-corrected chi connectivity index (χ4v) is 4.02. The number of aromatic nitrogens is 1. The number of benzene rings is 1. The van der Waals surface area contributed by atoms with Crippen molar-refractivity contribution in [2.24, 2.45) is 0 Å². The van der Waals surface area contributed by atoms with Gasteiger partial charge in [-0.2, -0.15) is 0 Å². The van der Waals surface area contributed by atoms with Gasteiger partial charge >= 0.3 is 0 Å². The first kappa shape index (κ1) is 20.1. The SMILES string of the molecule is Nc1cc(C(=O)N2CCCC2CNC(=O)c2cc(Br)ccc2Cl)c(Br)cn1. The highest BCUT2D eigenvalue weighted by atomic mass is 79.9. The van der Waals surface area contributed by atoms with Gasteiger partial charge in [0.2, 0.25) is 0 Å². The number of hydrogen-bond donors (Lipinski definition) is 2. The molecule has 2 heterocycles. The van der Waals surface area contributed by atoms with E-state index in [1.807, 2.05) is 0 Å². The molecule has 1 fully saturated rings. The largest absolute Gasteiger partial charge is 0.384 e. The number of hydrogen-bond acceptors (Lipinski definition) is 4. The first-order valence-corrected chi connectivity index (χ1v) is 10.3. The molecule has 6 nitrogen and oxygen atoms in total. The van der Waals surface area contributed by atoms with Crippen LogP contribution in [0.2, 0.25) is 5.02 Å². The summed E-state index contributed by atoms with van der Waals surface area (Å²) < 4.78 is 1.37. The molecule has 0 spiro atoms. The molecule has 0 saturated carbocycles. The fraction of sp³-hybridized carbons (Fsp3) is 0.278. The first-order valence-electron chi connectivity index (χ1n) is 8.32. The van der Waals surface area contributed by atoms with Gasteiger partial charge in [-0.25, -0.2) is 4.98 Å². The molecule has 142 valence electrons. The van der Waals surface area contributed by atoms with E-state index in [1.165, 1.54) is 6.20 Å².